The summed E-state index contributed by atoms with van der Waals surface area (Å²) in [4.78, 5) is 0. The first kappa shape index (κ1) is 9.43. The fraction of sp³-hybridized carbons (Fsp3) is 1.00. The van der Waals surface area contributed by atoms with E-state index in [0.717, 1.165) is 14.5 Å². The maximum atomic E-state index is 2.34. The van der Waals surface area contributed by atoms with Crippen molar-refractivity contribution < 1.29 is 0 Å². The zero-order chi connectivity index (χ0) is 7.49. The normalized spacial score (nSPS) is 17.0. The van der Waals surface area contributed by atoms with E-state index in [1.54, 1.807) is 0 Å². The van der Waals surface area contributed by atoms with Crippen LogP contribution in [0.25, 0.3) is 0 Å². The fourth-order valence-electron chi connectivity index (χ4n) is 0.612. The molecule has 0 fully saturated rings. The van der Waals surface area contributed by atoms with E-state index in [2.05, 4.69) is 34.4 Å². The molecule has 0 bridgehead atoms. The van der Waals surface area contributed by atoms with E-state index in [4.69, 9.17) is 0 Å². The molecule has 9 heavy (non-hydrogen) atoms. The van der Waals surface area contributed by atoms with Crippen LogP contribution in [-0.4, -0.2) is 12.8 Å². The number of hydrogen-bond acceptors (Lipinski definition) is 0. The Balaban J connectivity index is 3.59. The SMILES string of the molecule is CPCC(C)C(C)(C)C. The van der Waals surface area contributed by atoms with E-state index in [1.807, 2.05) is 0 Å². The highest BCUT2D eigenvalue weighted by Crippen LogP contribution is 2.28. The average molecular weight is 146 g/mol. The molecule has 0 saturated carbocycles. The molecule has 1 heteroatoms. The van der Waals surface area contributed by atoms with Crippen LogP contribution in [0, 0.1) is 11.3 Å². The van der Waals surface area contributed by atoms with Crippen molar-refractivity contribution in [1.29, 1.82) is 0 Å². The predicted molar refractivity (Wildman–Crippen MR) is 47.7 cm³/mol. The molecule has 0 aromatic heterocycles. The Labute approximate surface area is 61.2 Å². The van der Waals surface area contributed by atoms with Gasteiger partial charge in [-0.3, -0.25) is 0 Å². The van der Waals surface area contributed by atoms with Gasteiger partial charge < -0.3 is 0 Å². The van der Waals surface area contributed by atoms with Gasteiger partial charge in [-0.2, -0.15) is 0 Å². The Bertz CT molecular complexity index is 71.1. The predicted octanol–water partition coefficient (Wildman–Crippen LogP) is 2.98. The van der Waals surface area contributed by atoms with Gasteiger partial charge in [0.25, 0.3) is 0 Å². The molecule has 0 amide bonds. The molecule has 56 valence electrons. The minimum Gasteiger partial charge on any atom is -0.125 e. The summed E-state index contributed by atoms with van der Waals surface area (Å²) in [6, 6.07) is 0. The average Bonchev–Trinajstić information content (AvgIpc) is 1.64. The van der Waals surface area contributed by atoms with E-state index in [1.165, 1.54) is 6.16 Å². The Morgan fingerprint density at radius 3 is 1.89 bits per heavy atom. The summed E-state index contributed by atoms with van der Waals surface area (Å²) < 4.78 is 0. The van der Waals surface area contributed by atoms with Gasteiger partial charge in [0, 0.05) is 0 Å². The van der Waals surface area contributed by atoms with E-state index in [0.29, 0.717) is 5.41 Å². The van der Waals surface area contributed by atoms with Crippen molar-refractivity contribution in [2.75, 3.05) is 12.8 Å². The monoisotopic (exact) mass is 146 g/mol. The fourth-order valence-corrected chi connectivity index (χ4v) is 1.84. The van der Waals surface area contributed by atoms with Crippen LogP contribution in [0.15, 0.2) is 0 Å². The van der Waals surface area contributed by atoms with E-state index in [9.17, 15) is 0 Å². The van der Waals surface area contributed by atoms with Gasteiger partial charge in [0.15, 0.2) is 0 Å². The molecule has 0 rings (SSSR count). The van der Waals surface area contributed by atoms with Crippen molar-refractivity contribution in [3.05, 3.63) is 0 Å². The van der Waals surface area contributed by atoms with Gasteiger partial charge in [-0.25, -0.2) is 0 Å². The van der Waals surface area contributed by atoms with Gasteiger partial charge in [-0.05, 0) is 24.2 Å². The van der Waals surface area contributed by atoms with Crippen molar-refractivity contribution in [1.82, 2.24) is 0 Å². The lowest BCUT2D eigenvalue weighted by atomic mass is 9.83. The Kier molecular flexibility index (Phi) is 3.73. The first-order chi connectivity index (χ1) is 3.98. The molecular weight excluding hydrogens is 127 g/mol. The molecular formula is C8H19P. The molecule has 0 saturated heterocycles. The van der Waals surface area contributed by atoms with Crippen LogP contribution in [0.5, 0.6) is 0 Å². The third-order valence-corrected chi connectivity index (χ3v) is 3.01. The second-order valence-corrected chi connectivity index (χ2v) is 4.94. The Morgan fingerprint density at radius 2 is 1.78 bits per heavy atom. The van der Waals surface area contributed by atoms with Crippen LogP contribution in [0.3, 0.4) is 0 Å². The number of rotatable bonds is 2. The zero-order valence-corrected chi connectivity index (χ0v) is 8.28. The first-order valence-corrected chi connectivity index (χ1v) is 5.33. The van der Waals surface area contributed by atoms with Crippen LogP contribution >= 0.6 is 8.58 Å². The summed E-state index contributed by atoms with van der Waals surface area (Å²) in [5.41, 5.74) is 0.517. The largest absolute Gasteiger partial charge is 0.125 e. The van der Waals surface area contributed by atoms with Gasteiger partial charge in [0.05, 0.1) is 0 Å². The van der Waals surface area contributed by atoms with Crippen LogP contribution in [-0.2, 0) is 0 Å². The maximum absolute atomic E-state index is 2.34. The molecule has 0 heterocycles. The van der Waals surface area contributed by atoms with Crippen LogP contribution in [0.4, 0.5) is 0 Å². The van der Waals surface area contributed by atoms with Gasteiger partial charge >= 0.3 is 0 Å². The van der Waals surface area contributed by atoms with Gasteiger partial charge in [0.1, 0.15) is 0 Å². The van der Waals surface area contributed by atoms with Crippen LogP contribution in [0.2, 0.25) is 0 Å². The molecule has 0 spiro atoms. The number of hydrogen-bond donors (Lipinski definition) is 0. The second-order valence-electron chi connectivity index (χ2n) is 3.82. The van der Waals surface area contributed by atoms with Crippen molar-refractivity contribution in [2.45, 2.75) is 27.7 Å². The summed E-state index contributed by atoms with van der Waals surface area (Å²) in [5, 5.41) is 0. The van der Waals surface area contributed by atoms with Crippen molar-refractivity contribution in [3.8, 4) is 0 Å². The summed E-state index contributed by atoms with van der Waals surface area (Å²) in [6.45, 7) is 11.6. The molecule has 0 aromatic rings. The standard InChI is InChI=1S/C8H19P/c1-7(6-9-5)8(2,3)4/h7,9H,6H2,1-5H3. The Hall–Kier alpha value is 0.430. The molecule has 2 atom stereocenters. The lowest BCUT2D eigenvalue weighted by molar-refractivity contribution is 0.288. The quantitative estimate of drug-likeness (QED) is 0.525. The van der Waals surface area contributed by atoms with E-state index in [-0.39, 0.29) is 0 Å². The summed E-state index contributed by atoms with van der Waals surface area (Å²) in [6.07, 6.45) is 1.39. The van der Waals surface area contributed by atoms with Crippen molar-refractivity contribution in [2.24, 2.45) is 11.3 Å². The lowest BCUT2D eigenvalue weighted by Crippen LogP contribution is -2.18. The highest BCUT2D eigenvalue weighted by molar-refractivity contribution is 7.36. The molecule has 0 aromatic carbocycles. The first-order valence-electron chi connectivity index (χ1n) is 3.63. The third kappa shape index (κ3) is 3.92. The van der Waals surface area contributed by atoms with Crippen LogP contribution in [0.1, 0.15) is 27.7 Å². The third-order valence-electron chi connectivity index (χ3n) is 1.99. The van der Waals surface area contributed by atoms with E-state index < -0.39 is 0 Å². The van der Waals surface area contributed by atoms with Gasteiger partial charge in [-0.15, -0.1) is 8.58 Å². The molecule has 0 aliphatic carbocycles. The molecule has 0 aliphatic heterocycles. The highest BCUT2D eigenvalue weighted by Gasteiger charge is 2.18. The van der Waals surface area contributed by atoms with Crippen LogP contribution < -0.4 is 0 Å². The summed E-state index contributed by atoms with van der Waals surface area (Å²) in [7, 11) is 1.11. The summed E-state index contributed by atoms with van der Waals surface area (Å²) in [5.74, 6) is 0.876. The van der Waals surface area contributed by atoms with Crippen molar-refractivity contribution >= 4 is 8.58 Å². The molecule has 0 nitrogen and oxygen atoms in total. The van der Waals surface area contributed by atoms with Gasteiger partial charge in [0.2, 0.25) is 0 Å². The minimum atomic E-state index is 0.517. The summed E-state index contributed by atoms with van der Waals surface area (Å²) >= 11 is 0. The molecule has 2 unspecified atom stereocenters. The maximum Gasteiger partial charge on any atom is -0.0325 e. The molecule has 0 aliphatic rings. The van der Waals surface area contributed by atoms with E-state index >= 15 is 0 Å². The molecule has 0 radical (unpaired) electrons. The minimum absolute atomic E-state index is 0.517. The Morgan fingerprint density at radius 1 is 1.33 bits per heavy atom. The second kappa shape index (κ2) is 3.56. The zero-order valence-electron chi connectivity index (χ0n) is 7.28. The topological polar surface area (TPSA) is 0 Å². The van der Waals surface area contributed by atoms with Gasteiger partial charge in [-0.1, -0.05) is 27.7 Å². The molecule has 0 N–H and O–H groups in total. The smallest absolute Gasteiger partial charge is 0.0325 e. The highest BCUT2D eigenvalue weighted by atomic mass is 31.1. The van der Waals surface area contributed by atoms with Crippen molar-refractivity contribution in [3.63, 3.8) is 0 Å². The lowest BCUT2D eigenvalue weighted by Gasteiger charge is -2.26.